The minimum atomic E-state index is -0.436. The van der Waals surface area contributed by atoms with Crippen molar-refractivity contribution in [2.45, 2.75) is 6.92 Å². The number of rotatable bonds is 4. The molecule has 0 radical (unpaired) electrons. The second kappa shape index (κ2) is 7.55. The summed E-state index contributed by atoms with van der Waals surface area (Å²) in [4.78, 5) is 38.9. The molecule has 3 amide bonds. The third-order valence-electron chi connectivity index (χ3n) is 3.47. The predicted molar refractivity (Wildman–Crippen MR) is 105 cm³/mol. The van der Waals surface area contributed by atoms with Crippen LogP contribution in [0, 0.1) is 6.92 Å². The van der Waals surface area contributed by atoms with Crippen LogP contribution in [0.25, 0.3) is 6.08 Å². The molecule has 1 aliphatic rings. The maximum atomic E-state index is 12.4. The van der Waals surface area contributed by atoms with Crippen LogP contribution < -0.4 is 5.32 Å². The summed E-state index contributed by atoms with van der Waals surface area (Å²) in [6.07, 6.45) is 1.71. The lowest BCUT2D eigenvalue weighted by molar-refractivity contribution is -0.127. The minimum absolute atomic E-state index is 0.304. The molecule has 128 valence electrons. The molecule has 0 atom stereocenters. The van der Waals surface area contributed by atoms with Crippen molar-refractivity contribution in [1.82, 2.24) is 4.90 Å². The number of thiophene rings is 1. The molecule has 0 aliphatic carbocycles. The van der Waals surface area contributed by atoms with E-state index in [-0.39, 0.29) is 6.54 Å². The molecular weight excluding hydrogens is 424 g/mol. The molecule has 1 aliphatic heterocycles. The molecule has 0 unspecified atom stereocenters. The Balaban J connectivity index is 1.68. The summed E-state index contributed by atoms with van der Waals surface area (Å²) in [7, 11) is 0. The normalized spacial score (nSPS) is 15.9. The maximum Gasteiger partial charge on any atom is 0.294 e. The van der Waals surface area contributed by atoms with E-state index in [4.69, 9.17) is 0 Å². The lowest BCUT2D eigenvalue weighted by Gasteiger charge is -2.12. The second-order valence-corrected chi connectivity index (χ2v) is 8.15. The van der Waals surface area contributed by atoms with Gasteiger partial charge in [0.15, 0.2) is 0 Å². The molecule has 25 heavy (non-hydrogen) atoms. The summed E-state index contributed by atoms with van der Waals surface area (Å²) in [5, 5.41) is 4.17. The highest BCUT2D eigenvalue weighted by Crippen LogP contribution is 2.33. The predicted octanol–water partition coefficient (Wildman–Crippen LogP) is 4.49. The van der Waals surface area contributed by atoms with E-state index in [0.717, 1.165) is 31.6 Å². The Morgan fingerprint density at radius 2 is 1.96 bits per heavy atom. The van der Waals surface area contributed by atoms with Gasteiger partial charge in [0.25, 0.3) is 11.1 Å². The Morgan fingerprint density at radius 3 is 2.60 bits per heavy atom. The number of nitrogens with one attached hydrogen (secondary N) is 1. The first kappa shape index (κ1) is 17.9. The van der Waals surface area contributed by atoms with Gasteiger partial charge in [-0.05, 0) is 66.0 Å². The van der Waals surface area contributed by atoms with Gasteiger partial charge in [0.1, 0.15) is 6.54 Å². The number of amides is 3. The van der Waals surface area contributed by atoms with Gasteiger partial charge in [-0.2, -0.15) is 0 Å². The number of nitrogens with zero attached hydrogens (tertiary/aromatic N) is 1. The molecule has 1 aromatic carbocycles. The van der Waals surface area contributed by atoms with E-state index < -0.39 is 17.1 Å². The third-order valence-corrected chi connectivity index (χ3v) is 5.87. The number of benzene rings is 1. The van der Waals surface area contributed by atoms with Crippen molar-refractivity contribution in [3.63, 3.8) is 0 Å². The molecule has 1 saturated heterocycles. The Kier molecular flexibility index (Phi) is 5.41. The van der Waals surface area contributed by atoms with E-state index in [9.17, 15) is 14.4 Å². The van der Waals surface area contributed by atoms with Crippen LogP contribution in [0.2, 0.25) is 0 Å². The largest absolute Gasteiger partial charge is 0.325 e. The summed E-state index contributed by atoms with van der Waals surface area (Å²) in [6.45, 7) is 1.64. The zero-order valence-electron chi connectivity index (χ0n) is 13.1. The summed E-state index contributed by atoms with van der Waals surface area (Å²) in [5.41, 5.74) is 1.65. The van der Waals surface area contributed by atoms with Crippen LogP contribution in [-0.4, -0.2) is 28.5 Å². The number of aryl methyl sites for hydroxylation is 1. The van der Waals surface area contributed by atoms with Crippen molar-refractivity contribution in [1.29, 1.82) is 0 Å². The molecule has 1 aromatic heterocycles. The second-order valence-electron chi connectivity index (χ2n) is 5.29. The van der Waals surface area contributed by atoms with Gasteiger partial charge in [0.05, 0.1) is 4.91 Å². The first-order chi connectivity index (χ1) is 11.9. The fourth-order valence-corrected chi connectivity index (χ4v) is 4.18. The van der Waals surface area contributed by atoms with Crippen LogP contribution in [0.4, 0.5) is 10.5 Å². The third kappa shape index (κ3) is 4.20. The van der Waals surface area contributed by atoms with Gasteiger partial charge < -0.3 is 5.32 Å². The molecular formula is C17H13BrN2O3S2. The molecule has 2 aromatic rings. The smallest absolute Gasteiger partial charge is 0.294 e. The van der Waals surface area contributed by atoms with E-state index in [1.807, 2.05) is 18.4 Å². The highest BCUT2D eigenvalue weighted by atomic mass is 79.9. The Bertz CT molecular complexity index is 874. The highest BCUT2D eigenvalue weighted by molar-refractivity contribution is 9.10. The molecule has 0 saturated carbocycles. The van der Waals surface area contributed by atoms with E-state index in [0.29, 0.717) is 10.6 Å². The number of imide groups is 1. The highest BCUT2D eigenvalue weighted by Gasteiger charge is 2.36. The number of carbonyl (C=O) groups is 3. The summed E-state index contributed by atoms with van der Waals surface area (Å²) < 4.78 is 0.894. The zero-order valence-corrected chi connectivity index (χ0v) is 16.3. The van der Waals surface area contributed by atoms with Crippen LogP contribution in [0.5, 0.6) is 0 Å². The number of anilines is 1. The molecule has 3 rings (SSSR count). The minimum Gasteiger partial charge on any atom is -0.325 e. The number of halogens is 1. The SMILES string of the molecule is Cc1ccsc1/C=C1/SC(=O)N(CC(=O)Nc2ccc(Br)cc2)C1=O. The van der Waals surface area contributed by atoms with Gasteiger partial charge in [-0.15, -0.1) is 11.3 Å². The fourth-order valence-electron chi connectivity index (χ4n) is 2.17. The number of hydrogen-bond acceptors (Lipinski definition) is 5. The monoisotopic (exact) mass is 436 g/mol. The molecule has 0 spiro atoms. The Hall–Kier alpha value is -1.90. The van der Waals surface area contributed by atoms with Crippen LogP contribution in [-0.2, 0) is 9.59 Å². The van der Waals surface area contributed by atoms with E-state index >= 15 is 0 Å². The average molecular weight is 437 g/mol. The van der Waals surface area contributed by atoms with Crippen molar-refractivity contribution in [3.05, 3.63) is 55.5 Å². The van der Waals surface area contributed by atoms with E-state index in [1.54, 1.807) is 30.3 Å². The first-order valence-electron chi connectivity index (χ1n) is 7.29. The van der Waals surface area contributed by atoms with Crippen molar-refractivity contribution in [2.24, 2.45) is 0 Å². The van der Waals surface area contributed by atoms with Gasteiger partial charge in [0, 0.05) is 15.0 Å². The Labute approximate surface area is 161 Å². The van der Waals surface area contributed by atoms with Crippen LogP contribution >= 0.6 is 39.0 Å². The van der Waals surface area contributed by atoms with Crippen molar-refractivity contribution >= 4 is 67.8 Å². The number of carbonyl (C=O) groups excluding carboxylic acids is 3. The van der Waals surface area contributed by atoms with Crippen molar-refractivity contribution in [2.75, 3.05) is 11.9 Å². The van der Waals surface area contributed by atoms with Gasteiger partial charge in [0.2, 0.25) is 5.91 Å². The van der Waals surface area contributed by atoms with Gasteiger partial charge in [-0.1, -0.05) is 15.9 Å². The fraction of sp³-hybridized carbons (Fsp3) is 0.118. The number of thioether (sulfide) groups is 1. The molecule has 1 N–H and O–H groups in total. The van der Waals surface area contributed by atoms with E-state index in [1.165, 1.54) is 11.3 Å². The number of hydrogen-bond donors (Lipinski definition) is 1. The molecule has 1 fully saturated rings. The van der Waals surface area contributed by atoms with Gasteiger partial charge in [-0.3, -0.25) is 19.3 Å². The van der Waals surface area contributed by atoms with Crippen LogP contribution in [0.3, 0.4) is 0 Å². The topological polar surface area (TPSA) is 66.5 Å². The van der Waals surface area contributed by atoms with Gasteiger partial charge in [-0.25, -0.2) is 0 Å². The summed E-state index contributed by atoms with van der Waals surface area (Å²) in [6, 6.07) is 9.00. The quantitative estimate of drug-likeness (QED) is 0.716. The van der Waals surface area contributed by atoms with Crippen LogP contribution in [0.15, 0.2) is 45.1 Å². The molecule has 5 nitrogen and oxygen atoms in total. The average Bonchev–Trinajstić information content (AvgIpc) is 3.08. The summed E-state index contributed by atoms with van der Waals surface area (Å²) >= 11 is 5.68. The zero-order chi connectivity index (χ0) is 18.0. The molecule has 8 heteroatoms. The van der Waals surface area contributed by atoms with E-state index in [2.05, 4.69) is 21.2 Å². The lowest BCUT2D eigenvalue weighted by atomic mass is 10.2. The standard InChI is InChI=1S/C17H13BrN2O3S2/c1-10-6-7-24-13(10)8-14-16(22)20(17(23)25-14)9-15(21)19-12-4-2-11(18)3-5-12/h2-8H,9H2,1H3,(H,19,21)/b14-8+. The summed E-state index contributed by atoms with van der Waals surface area (Å²) in [5.74, 6) is -0.855. The maximum absolute atomic E-state index is 12.4. The van der Waals surface area contributed by atoms with Crippen LogP contribution in [0.1, 0.15) is 10.4 Å². The Morgan fingerprint density at radius 1 is 1.24 bits per heavy atom. The lowest BCUT2D eigenvalue weighted by Crippen LogP contribution is -2.36. The molecule has 2 heterocycles. The van der Waals surface area contributed by atoms with Gasteiger partial charge >= 0.3 is 0 Å². The van der Waals surface area contributed by atoms with Crippen molar-refractivity contribution < 1.29 is 14.4 Å². The first-order valence-corrected chi connectivity index (χ1v) is 9.78. The molecule has 0 bridgehead atoms. The van der Waals surface area contributed by atoms with Crippen molar-refractivity contribution in [3.8, 4) is 0 Å².